The van der Waals surface area contributed by atoms with E-state index in [1.807, 2.05) is 0 Å². The fourth-order valence-electron chi connectivity index (χ4n) is 3.15. The molecule has 0 unspecified atom stereocenters. The van der Waals surface area contributed by atoms with Gasteiger partial charge in [0, 0.05) is 31.7 Å². The minimum Gasteiger partial charge on any atom is -0.506 e. The number of hydrogen-bond donors (Lipinski definition) is 2. The van der Waals surface area contributed by atoms with Gasteiger partial charge in [-0.25, -0.2) is 0 Å². The first-order chi connectivity index (χ1) is 12.8. The first-order valence-electron chi connectivity index (χ1n) is 8.23. The molecule has 162 valence electrons. The number of phenolic OH excluding ortho intramolecular Hbond substituents is 1. The second-order valence-corrected chi connectivity index (χ2v) is 6.89. The van der Waals surface area contributed by atoms with Crippen LogP contribution in [0.1, 0.15) is 17.2 Å². The summed E-state index contributed by atoms with van der Waals surface area (Å²) in [5, 5.41) is 14.0. The van der Waals surface area contributed by atoms with Crippen LogP contribution in [0.25, 0.3) is 0 Å². The lowest BCUT2D eigenvalue weighted by atomic mass is 9.95. The van der Waals surface area contributed by atoms with Gasteiger partial charge in [-0.3, -0.25) is 4.90 Å². The molecule has 3 rings (SSSR count). The summed E-state index contributed by atoms with van der Waals surface area (Å²) in [6.45, 7) is 2.91. The molecule has 1 saturated heterocycles. The predicted octanol–water partition coefficient (Wildman–Crippen LogP) is 5.44. The summed E-state index contributed by atoms with van der Waals surface area (Å²) in [4.78, 5) is 2.12. The van der Waals surface area contributed by atoms with Crippen molar-refractivity contribution >= 4 is 48.0 Å². The molecule has 1 aliphatic heterocycles. The quantitative estimate of drug-likeness (QED) is 0.595. The average Bonchev–Trinajstić information content (AvgIpc) is 2.63. The maximum atomic E-state index is 12.4. The molecule has 0 bridgehead atoms. The lowest BCUT2D eigenvalue weighted by Crippen LogP contribution is -2.45. The van der Waals surface area contributed by atoms with Gasteiger partial charge in [-0.2, -0.15) is 0 Å². The Kier molecular flexibility index (Phi) is 9.66. The Hall–Kier alpha value is -1.09. The van der Waals surface area contributed by atoms with Gasteiger partial charge in [-0.15, -0.1) is 38.0 Å². The van der Waals surface area contributed by atoms with E-state index in [4.69, 9.17) is 23.2 Å². The number of nitrogens with zero attached hydrogens (tertiary/aromatic N) is 1. The zero-order chi connectivity index (χ0) is 19.6. The number of benzene rings is 2. The van der Waals surface area contributed by atoms with Gasteiger partial charge in [-0.1, -0.05) is 41.4 Å². The van der Waals surface area contributed by atoms with E-state index in [1.54, 1.807) is 24.3 Å². The average molecular weight is 494 g/mol. The summed E-state index contributed by atoms with van der Waals surface area (Å²) in [7, 11) is 0. The first-order valence-corrected chi connectivity index (χ1v) is 8.99. The van der Waals surface area contributed by atoms with Gasteiger partial charge in [0.15, 0.2) is 0 Å². The van der Waals surface area contributed by atoms with Crippen molar-refractivity contribution in [2.45, 2.75) is 12.4 Å². The summed E-state index contributed by atoms with van der Waals surface area (Å²) >= 11 is 12.1. The summed E-state index contributed by atoms with van der Waals surface area (Å²) in [5.74, 6) is -0.438. The van der Waals surface area contributed by atoms with Crippen molar-refractivity contribution in [3.8, 4) is 11.5 Å². The molecule has 0 aliphatic carbocycles. The van der Waals surface area contributed by atoms with Crippen LogP contribution < -0.4 is 10.1 Å². The van der Waals surface area contributed by atoms with Crippen molar-refractivity contribution in [2.75, 3.05) is 26.2 Å². The van der Waals surface area contributed by atoms with Crippen LogP contribution in [0.4, 0.5) is 13.2 Å². The second-order valence-electron chi connectivity index (χ2n) is 6.10. The molecule has 1 heterocycles. The Labute approximate surface area is 188 Å². The van der Waals surface area contributed by atoms with Gasteiger partial charge in [0.05, 0.1) is 11.1 Å². The molecule has 11 heteroatoms. The second kappa shape index (κ2) is 10.8. The van der Waals surface area contributed by atoms with E-state index in [0.29, 0.717) is 24.2 Å². The van der Waals surface area contributed by atoms with E-state index in [0.717, 1.165) is 13.1 Å². The largest absolute Gasteiger partial charge is 0.573 e. The molecule has 4 nitrogen and oxygen atoms in total. The maximum Gasteiger partial charge on any atom is 0.573 e. The molecule has 0 radical (unpaired) electrons. The molecular formula is C18H19Cl4F3N2O2. The monoisotopic (exact) mass is 492 g/mol. The highest BCUT2D eigenvalue weighted by Crippen LogP contribution is 2.41. The van der Waals surface area contributed by atoms with E-state index in [1.165, 1.54) is 12.1 Å². The standard InChI is InChI=1S/C18H17Cl2F3N2O2.2ClH/c19-14-6-5-13(17(26)15(14)20)16(25-9-7-24-8-10-25)11-1-3-12(4-2-11)27-18(21,22)23;;/h1-6,16,24,26H,7-10H2;2*1H/t16-;;/m1../s1. The third-order valence-corrected chi connectivity index (χ3v) is 5.14. The molecule has 1 aliphatic rings. The van der Waals surface area contributed by atoms with Crippen molar-refractivity contribution in [1.82, 2.24) is 10.2 Å². The molecule has 0 aromatic heterocycles. The molecule has 0 amide bonds. The summed E-state index contributed by atoms with van der Waals surface area (Å²) in [6.07, 6.45) is -4.75. The molecule has 2 aromatic carbocycles. The number of phenols is 1. The third kappa shape index (κ3) is 6.44. The summed E-state index contributed by atoms with van der Waals surface area (Å²) in [6, 6.07) is 8.50. The SMILES string of the molecule is Cl.Cl.Oc1c([C@@H](c2ccc(OC(F)(F)F)cc2)N2CCNCC2)ccc(Cl)c1Cl. The zero-order valence-electron chi connectivity index (χ0n) is 14.9. The maximum absolute atomic E-state index is 12.4. The molecule has 0 spiro atoms. The van der Waals surface area contributed by atoms with Crippen LogP contribution in [-0.4, -0.2) is 42.5 Å². The molecule has 29 heavy (non-hydrogen) atoms. The van der Waals surface area contributed by atoms with Crippen molar-refractivity contribution in [2.24, 2.45) is 0 Å². The van der Waals surface area contributed by atoms with Crippen molar-refractivity contribution < 1.29 is 23.0 Å². The van der Waals surface area contributed by atoms with E-state index >= 15 is 0 Å². The fourth-order valence-corrected chi connectivity index (χ4v) is 3.48. The highest BCUT2D eigenvalue weighted by molar-refractivity contribution is 6.43. The number of aromatic hydroxyl groups is 1. The van der Waals surface area contributed by atoms with Gasteiger partial charge in [0.25, 0.3) is 0 Å². The van der Waals surface area contributed by atoms with Crippen LogP contribution in [0.3, 0.4) is 0 Å². The van der Waals surface area contributed by atoms with Gasteiger partial charge in [-0.05, 0) is 23.8 Å². The van der Waals surface area contributed by atoms with Crippen LogP contribution in [-0.2, 0) is 0 Å². The number of alkyl halides is 3. The molecular weight excluding hydrogens is 475 g/mol. The van der Waals surface area contributed by atoms with Crippen LogP contribution in [0, 0.1) is 0 Å². The minimum atomic E-state index is -4.75. The van der Waals surface area contributed by atoms with Crippen LogP contribution >= 0.6 is 48.0 Å². The molecule has 0 saturated carbocycles. The number of ether oxygens (including phenoxy) is 1. The van der Waals surface area contributed by atoms with Crippen molar-refractivity contribution in [3.05, 3.63) is 57.6 Å². The normalized spacial score (nSPS) is 15.8. The summed E-state index contributed by atoms with van der Waals surface area (Å²) in [5.41, 5.74) is 1.25. The molecule has 2 N–H and O–H groups in total. The zero-order valence-corrected chi connectivity index (χ0v) is 18.0. The Bertz CT molecular complexity index is 801. The smallest absolute Gasteiger partial charge is 0.506 e. The fraction of sp³-hybridized carbons (Fsp3) is 0.333. The van der Waals surface area contributed by atoms with E-state index < -0.39 is 6.36 Å². The van der Waals surface area contributed by atoms with Crippen molar-refractivity contribution in [3.63, 3.8) is 0 Å². The third-order valence-electron chi connectivity index (χ3n) is 4.34. The lowest BCUT2D eigenvalue weighted by Gasteiger charge is -2.36. The van der Waals surface area contributed by atoms with E-state index in [-0.39, 0.29) is 52.4 Å². The Morgan fingerprint density at radius 2 is 1.59 bits per heavy atom. The van der Waals surface area contributed by atoms with Gasteiger partial charge in [0.1, 0.15) is 16.5 Å². The Morgan fingerprint density at radius 1 is 1.00 bits per heavy atom. The van der Waals surface area contributed by atoms with Crippen LogP contribution in [0.5, 0.6) is 11.5 Å². The lowest BCUT2D eigenvalue weighted by molar-refractivity contribution is -0.274. The number of rotatable bonds is 4. The molecule has 1 fully saturated rings. The van der Waals surface area contributed by atoms with Gasteiger partial charge < -0.3 is 15.2 Å². The topological polar surface area (TPSA) is 44.7 Å². The first kappa shape index (κ1) is 25.9. The van der Waals surface area contributed by atoms with Crippen LogP contribution in [0.15, 0.2) is 36.4 Å². The number of piperazine rings is 1. The van der Waals surface area contributed by atoms with Gasteiger partial charge >= 0.3 is 6.36 Å². The molecule has 2 aromatic rings. The summed E-state index contributed by atoms with van der Waals surface area (Å²) < 4.78 is 41.1. The highest BCUT2D eigenvalue weighted by Gasteiger charge is 2.32. The van der Waals surface area contributed by atoms with E-state index in [2.05, 4.69) is 15.0 Å². The number of halogens is 7. The number of nitrogens with one attached hydrogen (secondary N) is 1. The van der Waals surface area contributed by atoms with E-state index in [9.17, 15) is 18.3 Å². The minimum absolute atomic E-state index is 0. The Morgan fingerprint density at radius 3 is 2.14 bits per heavy atom. The highest BCUT2D eigenvalue weighted by atomic mass is 35.5. The predicted molar refractivity (Wildman–Crippen MR) is 112 cm³/mol. The Balaban J connectivity index is 0.00000210. The van der Waals surface area contributed by atoms with Gasteiger partial charge in [0.2, 0.25) is 0 Å². The molecule has 1 atom stereocenters. The number of hydrogen-bond acceptors (Lipinski definition) is 4. The van der Waals surface area contributed by atoms with Crippen LogP contribution in [0.2, 0.25) is 10.0 Å². The van der Waals surface area contributed by atoms with Crippen molar-refractivity contribution in [1.29, 1.82) is 0 Å².